The average molecular weight is 181 g/mol. The molecule has 0 aromatic carbocycles. The molecule has 0 radical (unpaired) electrons. The van der Waals surface area contributed by atoms with Gasteiger partial charge < -0.3 is 0 Å². The zero-order valence-corrected chi connectivity index (χ0v) is 8.63. The summed E-state index contributed by atoms with van der Waals surface area (Å²) in [6.07, 6.45) is 1.52. The topological polar surface area (TPSA) is 12.9 Å². The first-order valence-electron chi connectivity index (χ1n) is 4.52. The van der Waals surface area contributed by atoms with Gasteiger partial charge in [0.1, 0.15) is 0 Å². The molecule has 72 valence electrons. The summed E-state index contributed by atoms with van der Waals surface area (Å²) in [6.45, 7) is 8.55. The van der Waals surface area contributed by atoms with E-state index < -0.39 is 5.95 Å². The van der Waals surface area contributed by atoms with Crippen LogP contribution in [-0.4, -0.2) is 4.98 Å². The number of nitrogens with zero attached hydrogens (tertiary/aromatic N) is 1. The minimum absolute atomic E-state index is 0.161. The summed E-state index contributed by atoms with van der Waals surface area (Å²) in [5.74, 6) is -0.0569. The van der Waals surface area contributed by atoms with Gasteiger partial charge in [-0.15, -0.1) is 0 Å². The zero-order valence-electron chi connectivity index (χ0n) is 8.63. The van der Waals surface area contributed by atoms with E-state index in [-0.39, 0.29) is 5.41 Å². The summed E-state index contributed by atoms with van der Waals surface area (Å²) < 4.78 is 12.8. The highest BCUT2D eigenvalue weighted by Gasteiger charge is 2.21. The van der Waals surface area contributed by atoms with Crippen molar-refractivity contribution in [3.8, 4) is 0 Å². The number of hydrogen-bond donors (Lipinski definition) is 0. The van der Waals surface area contributed by atoms with Crippen LogP contribution in [0.2, 0.25) is 0 Å². The van der Waals surface area contributed by atoms with Gasteiger partial charge in [-0.2, -0.15) is 4.39 Å². The maximum atomic E-state index is 12.8. The summed E-state index contributed by atoms with van der Waals surface area (Å²) in [6, 6.07) is 3.38. The average Bonchev–Trinajstić information content (AvgIpc) is 2.01. The van der Waals surface area contributed by atoms with E-state index in [1.54, 1.807) is 0 Å². The molecule has 1 aromatic rings. The predicted molar refractivity (Wildman–Crippen MR) is 52.1 cm³/mol. The Morgan fingerprint density at radius 3 is 2.46 bits per heavy atom. The Morgan fingerprint density at radius 1 is 1.38 bits per heavy atom. The summed E-state index contributed by atoms with van der Waals surface area (Å²) in [4.78, 5) is 3.54. The second kappa shape index (κ2) is 3.44. The summed E-state index contributed by atoms with van der Waals surface area (Å²) >= 11 is 0. The van der Waals surface area contributed by atoms with Gasteiger partial charge in [0.2, 0.25) is 5.95 Å². The molecule has 1 unspecified atom stereocenters. The van der Waals surface area contributed by atoms with Gasteiger partial charge in [0.15, 0.2) is 0 Å². The van der Waals surface area contributed by atoms with Crippen molar-refractivity contribution >= 4 is 0 Å². The van der Waals surface area contributed by atoms with E-state index in [1.165, 1.54) is 12.3 Å². The molecule has 0 saturated heterocycles. The lowest BCUT2D eigenvalue weighted by atomic mass is 9.78. The first-order chi connectivity index (χ1) is 5.91. The van der Waals surface area contributed by atoms with Crippen LogP contribution in [0.25, 0.3) is 0 Å². The van der Waals surface area contributed by atoms with E-state index in [0.29, 0.717) is 5.92 Å². The number of pyridine rings is 1. The van der Waals surface area contributed by atoms with Crippen molar-refractivity contribution in [2.24, 2.45) is 5.41 Å². The lowest BCUT2D eigenvalue weighted by Crippen LogP contribution is -2.15. The first-order valence-corrected chi connectivity index (χ1v) is 4.52. The molecule has 0 saturated carbocycles. The molecule has 0 aliphatic heterocycles. The normalized spacial score (nSPS) is 14.2. The molecule has 1 aromatic heterocycles. The van der Waals surface area contributed by atoms with Crippen molar-refractivity contribution in [1.29, 1.82) is 0 Å². The Balaban J connectivity index is 2.96. The minimum Gasteiger partial charge on any atom is -0.228 e. The minimum atomic E-state index is -0.395. The quantitative estimate of drug-likeness (QED) is 0.605. The molecule has 1 atom stereocenters. The standard InChI is InChI=1S/C11H16FN/c1-8(11(2,3)4)9-5-6-13-10(12)7-9/h5-8H,1-4H3. The molecule has 1 rings (SSSR count). The molecule has 1 heterocycles. The first kappa shape index (κ1) is 10.2. The van der Waals surface area contributed by atoms with Crippen LogP contribution < -0.4 is 0 Å². The predicted octanol–water partition coefficient (Wildman–Crippen LogP) is 3.37. The summed E-state index contributed by atoms with van der Waals surface area (Å²) in [7, 11) is 0. The number of halogens is 1. The molecule has 0 N–H and O–H groups in total. The highest BCUT2D eigenvalue weighted by atomic mass is 19.1. The van der Waals surface area contributed by atoms with Gasteiger partial charge in [0.05, 0.1) is 0 Å². The third-order valence-electron chi connectivity index (χ3n) is 2.55. The van der Waals surface area contributed by atoms with Crippen LogP contribution in [-0.2, 0) is 0 Å². The van der Waals surface area contributed by atoms with Gasteiger partial charge in [0, 0.05) is 6.20 Å². The van der Waals surface area contributed by atoms with E-state index in [2.05, 4.69) is 32.7 Å². The lowest BCUT2D eigenvalue weighted by molar-refractivity contribution is 0.338. The third kappa shape index (κ3) is 2.51. The second-order valence-corrected chi connectivity index (χ2v) is 4.50. The lowest BCUT2D eigenvalue weighted by Gasteiger charge is -2.27. The van der Waals surface area contributed by atoms with Crippen LogP contribution in [0.4, 0.5) is 4.39 Å². The smallest absolute Gasteiger partial charge is 0.213 e. The molecule has 1 nitrogen and oxygen atoms in total. The van der Waals surface area contributed by atoms with Gasteiger partial charge in [-0.3, -0.25) is 0 Å². The van der Waals surface area contributed by atoms with Crippen molar-refractivity contribution in [2.75, 3.05) is 0 Å². The number of aromatic nitrogens is 1. The van der Waals surface area contributed by atoms with Gasteiger partial charge >= 0.3 is 0 Å². The number of rotatable bonds is 1. The molecular formula is C11H16FN. The summed E-state index contributed by atoms with van der Waals surface area (Å²) in [5, 5.41) is 0. The van der Waals surface area contributed by atoms with Crippen LogP contribution in [0.15, 0.2) is 18.3 Å². The summed E-state index contributed by atoms with van der Waals surface area (Å²) in [5.41, 5.74) is 1.17. The molecule has 0 aliphatic carbocycles. The molecular weight excluding hydrogens is 165 g/mol. The monoisotopic (exact) mass is 181 g/mol. The van der Waals surface area contributed by atoms with Crippen LogP contribution in [0.3, 0.4) is 0 Å². The van der Waals surface area contributed by atoms with E-state index in [9.17, 15) is 4.39 Å². The Bertz CT molecular complexity index is 288. The molecule has 13 heavy (non-hydrogen) atoms. The molecule has 0 fully saturated rings. The fourth-order valence-electron chi connectivity index (χ4n) is 1.19. The Kier molecular flexibility index (Phi) is 2.69. The van der Waals surface area contributed by atoms with Crippen LogP contribution >= 0.6 is 0 Å². The largest absolute Gasteiger partial charge is 0.228 e. The van der Waals surface area contributed by atoms with Crippen molar-refractivity contribution in [3.05, 3.63) is 29.8 Å². The zero-order chi connectivity index (χ0) is 10.1. The Labute approximate surface area is 79.0 Å². The van der Waals surface area contributed by atoms with E-state index >= 15 is 0 Å². The molecule has 0 spiro atoms. The third-order valence-corrected chi connectivity index (χ3v) is 2.55. The highest BCUT2D eigenvalue weighted by Crippen LogP contribution is 2.34. The molecule has 0 amide bonds. The van der Waals surface area contributed by atoms with Crippen LogP contribution in [0.5, 0.6) is 0 Å². The fraction of sp³-hybridized carbons (Fsp3) is 0.545. The van der Waals surface area contributed by atoms with Gasteiger partial charge in [0.25, 0.3) is 0 Å². The highest BCUT2D eigenvalue weighted by molar-refractivity contribution is 5.17. The SMILES string of the molecule is CC(c1ccnc(F)c1)C(C)(C)C. The van der Waals surface area contributed by atoms with E-state index in [0.717, 1.165) is 5.56 Å². The van der Waals surface area contributed by atoms with E-state index in [1.807, 2.05) is 6.07 Å². The van der Waals surface area contributed by atoms with Crippen LogP contribution in [0.1, 0.15) is 39.2 Å². The Morgan fingerprint density at radius 2 is 2.00 bits per heavy atom. The maximum Gasteiger partial charge on any atom is 0.213 e. The van der Waals surface area contributed by atoms with E-state index in [4.69, 9.17) is 0 Å². The maximum absolute atomic E-state index is 12.8. The fourth-order valence-corrected chi connectivity index (χ4v) is 1.19. The number of hydrogen-bond acceptors (Lipinski definition) is 1. The molecule has 2 heteroatoms. The second-order valence-electron chi connectivity index (χ2n) is 4.50. The van der Waals surface area contributed by atoms with Crippen LogP contribution in [0, 0.1) is 11.4 Å². The van der Waals surface area contributed by atoms with Crippen molar-refractivity contribution in [1.82, 2.24) is 4.98 Å². The van der Waals surface area contributed by atoms with Crippen molar-refractivity contribution in [2.45, 2.75) is 33.6 Å². The van der Waals surface area contributed by atoms with Gasteiger partial charge in [-0.1, -0.05) is 27.7 Å². The van der Waals surface area contributed by atoms with Crippen molar-refractivity contribution in [3.63, 3.8) is 0 Å². The van der Waals surface area contributed by atoms with Gasteiger partial charge in [-0.25, -0.2) is 4.98 Å². The Hall–Kier alpha value is -0.920. The molecule has 0 aliphatic rings. The molecule has 0 bridgehead atoms. The van der Waals surface area contributed by atoms with Crippen molar-refractivity contribution < 1.29 is 4.39 Å². The van der Waals surface area contributed by atoms with Gasteiger partial charge in [-0.05, 0) is 29.0 Å².